The summed E-state index contributed by atoms with van der Waals surface area (Å²) in [5, 5.41) is 0.356. The zero-order valence-electron chi connectivity index (χ0n) is 10.4. The van der Waals surface area contributed by atoms with E-state index in [1.165, 1.54) is 12.4 Å². The third-order valence-electron chi connectivity index (χ3n) is 2.55. The quantitative estimate of drug-likeness (QED) is 0.653. The van der Waals surface area contributed by atoms with Gasteiger partial charge in [-0.05, 0) is 18.2 Å². The van der Waals surface area contributed by atoms with Gasteiger partial charge >= 0.3 is 0 Å². The Morgan fingerprint density at radius 2 is 2.20 bits per heavy atom. The molecule has 0 bridgehead atoms. The van der Waals surface area contributed by atoms with Gasteiger partial charge in [-0.2, -0.15) is 0 Å². The lowest BCUT2D eigenvalue weighted by Crippen LogP contribution is -2.71. The zero-order chi connectivity index (χ0) is 14.5. The van der Waals surface area contributed by atoms with Gasteiger partial charge in [0, 0.05) is 18.0 Å². The summed E-state index contributed by atoms with van der Waals surface area (Å²) in [6.45, 7) is -0.442. The van der Waals surface area contributed by atoms with Crippen LogP contribution in [0.3, 0.4) is 0 Å². The van der Waals surface area contributed by atoms with Gasteiger partial charge in [0.05, 0.1) is 16.6 Å². The lowest BCUT2D eigenvalue weighted by molar-refractivity contribution is -0.466. The summed E-state index contributed by atoms with van der Waals surface area (Å²) in [6, 6.07) is 5.14. The van der Waals surface area contributed by atoms with E-state index in [-0.39, 0.29) is 0 Å². The van der Waals surface area contributed by atoms with Gasteiger partial charge in [0.2, 0.25) is 6.54 Å². The first-order valence-corrected chi connectivity index (χ1v) is 6.17. The molecule has 0 saturated carbocycles. The number of nitrogens with two attached hydrogens (primary N) is 1. The molecular weight excluding hydrogens is 286 g/mol. The predicted octanol–water partition coefficient (Wildman–Crippen LogP) is 0.999. The van der Waals surface area contributed by atoms with Crippen molar-refractivity contribution in [1.29, 1.82) is 0 Å². The Balaban J connectivity index is 2.33. The van der Waals surface area contributed by atoms with Crippen LogP contribution in [-0.4, -0.2) is 29.2 Å². The van der Waals surface area contributed by atoms with Gasteiger partial charge < -0.3 is 5.73 Å². The number of pyridine rings is 2. The third kappa shape index (κ3) is 3.48. The van der Waals surface area contributed by atoms with E-state index in [2.05, 4.69) is 15.0 Å². The number of halogens is 3. The molecule has 0 spiro atoms. The number of aromatic nitrogens is 2. The first kappa shape index (κ1) is 14.3. The minimum absolute atomic E-state index is 0.356. The van der Waals surface area contributed by atoms with Gasteiger partial charge in [-0.25, -0.2) is 18.8 Å². The topological polar surface area (TPSA) is 65.8 Å². The SMILES string of the molecule is NC=C(C=[NH+]CC(F)F)c1cnc2ccc(Cl)nc2c1. The zero-order valence-corrected chi connectivity index (χ0v) is 11.1. The third-order valence-corrected chi connectivity index (χ3v) is 2.76. The van der Waals surface area contributed by atoms with Crippen molar-refractivity contribution in [2.75, 3.05) is 6.54 Å². The Morgan fingerprint density at radius 3 is 2.90 bits per heavy atom. The standard InChI is InChI=1S/C13H11ClF2N4/c14-12-2-1-10-11(20-12)3-8(6-19-10)9(4-17)5-18-7-13(15)16/h1-6,13H,7,17H2/p+1. The lowest BCUT2D eigenvalue weighted by atomic mass is 10.1. The maximum atomic E-state index is 12.1. The van der Waals surface area contributed by atoms with Crippen molar-refractivity contribution in [2.45, 2.75) is 6.43 Å². The first-order chi connectivity index (χ1) is 9.60. The summed E-state index contributed by atoms with van der Waals surface area (Å²) in [5.41, 5.74) is 8.01. The monoisotopic (exact) mass is 297 g/mol. The summed E-state index contributed by atoms with van der Waals surface area (Å²) in [6.07, 6.45) is 1.89. The molecule has 0 fully saturated rings. The summed E-state index contributed by atoms with van der Waals surface area (Å²) >= 11 is 5.82. The first-order valence-electron chi connectivity index (χ1n) is 5.79. The molecule has 2 aromatic rings. The highest BCUT2D eigenvalue weighted by Gasteiger charge is 2.07. The highest BCUT2D eigenvalue weighted by molar-refractivity contribution is 6.29. The number of alkyl halides is 2. The molecule has 0 aliphatic heterocycles. The summed E-state index contributed by atoms with van der Waals surface area (Å²) in [4.78, 5) is 10.9. The van der Waals surface area contributed by atoms with E-state index in [1.54, 1.807) is 24.4 Å². The Labute approximate surface area is 119 Å². The molecule has 0 aromatic carbocycles. The number of hydrogen-bond acceptors (Lipinski definition) is 3. The number of allylic oxidation sites excluding steroid dienone is 1. The number of nitrogens with one attached hydrogen (secondary N) is 1. The predicted molar refractivity (Wildman–Crippen MR) is 74.6 cm³/mol. The van der Waals surface area contributed by atoms with Crippen molar-refractivity contribution < 1.29 is 13.8 Å². The van der Waals surface area contributed by atoms with Crippen molar-refractivity contribution in [1.82, 2.24) is 9.97 Å². The minimum atomic E-state index is -2.43. The number of nitrogens with zero attached hydrogens (tertiary/aromatic N) is 2. The largest absolute Gasteiger partial charge is 0.404 e. The molecule has 0 aliphatic carbocycles. The van der Waals surface area contributed by atoms with Gasteiger partial charge in [-0.3, -0.25) is 4.98 Å². The van der Waals surface area contributed by atoms with Crippen molar-refractivity contribution in [2.24, 2.45) is 5.73 Å². The second-order valence-electron chi connectivity index (χ2n) is 3.96. The van der Waals surface area contributed by atoms with Crippen LogP contribution in [0.25, 0.3) is 16.6 Å². The number of rotatable bonds is 4. The highest BCUT2D eigenvalue weighted by Crippen LogP contribution is 2.17. The Kier molecular flexibility index (Phi) is 4.57. The second-order valence-corrected chi connectivity index (χ2v) is 4.35. The van der Waals surface area contributed by atoms with E-state index in [1.807, 2.05) is 0 Å². The Hall–Kier alpha value is -2.08. The molecule has 7 heteroatoms. The lowest BCUT2D eigenvalue weighted by Gasteiger charge is -2.01. The van der Waals surface area contributed by atoms with E-state index in [0.29, 0.717) is 27.3 Å². The van der Waals surface area contributed by atoms with Gasteiger partial charge in [0.25, 0.3) is 6.43 Å². The van der Waals surface area contributed by atoms with Gasteiger partial charge in [-0.1, -0.05) is 11.6 Å². The smallest absolute Gasteiger partial charge is 0.295 e. The Morgan fingerprint density at radius 1 is 1.40 bits per heavy atom. The van der Waals surface area contributed by atoms with Crippen molar-refractivity contribution in [3.63, 3.8) is 0 Å². The van der Waals surface area contributed by atoms with Crippen LogP contribution in [-0.2, 0) is 0 Å². The van der Waals surface area contributed by atoms with E-state index in [4.69, 9.17) is 17.3 Å². The van der Waals surface area contributed by atoms with Crippen LogP contribution in [0.15, 0.2) is 30.6 Å². The molecule has 0 aliphatic rings. The van der Waals surface area contributed by atoms with E-state index in [0.717, 1.165) is 0 Å². The molecular formula is C13H12ClF2N4+. The fourth-order valence-corrected chi connectivity index (χ4v) is 1.78. The van der Waals surface area contributed by atoms with Crippen LogP contribution in [0.2, 0.25) is 5.15 Å². The molecule has 0 saturated heterocycles. The highest BCUT2D eigenvalue weighted by atomic mass is 35.5. The molecule has 0 unspecified atom stereocenters. The van der Waals surface area contributed by atoms with Crippen LogP contribution < -0.4 is 10.7 Å². The fraction of sp³-hybridized carbons (Fsp3) is 0.154. The van der Waals surface area contributed by atoms with Gasteiger partial charge in [0.1, 0.15) is 5.15 Å². The van der Waals surface area contributed by atoms with Crippen LogP contribution in [0.1, 0.15) is 5.56 Å². The molecule has 2 rings (SSSR count). The fourth-order valence-electron chi connectivity index (χ4n) is 1.63. The molecule has 104 valence electrons. The summed E-state index contributed by atoms with van der Waals surface area (Å²) < 4.78 is 24.1. The van der Waals surface area contributed by atoms with Crippen LogP contribution in [0, 0.1) is 0 Å². The van der Waals surface area contributed by atoms with Gasteiger partial charge in [0.15, 0.2) is 6.21 Å². The van der Waals surface area contributed by atoms with Crippen molar-refractivity contribution in [3.05, 3.63) is 41.3 Å². The molecule has 20 heavy (non-hydrogen) atoms. The van der Waals surface area contributed by atoms with E-state index in [9.17, 15) is 8.78 Å². The van der Waals surface area contributed by atoms with Crippen LogP contribution in [0.4, 0.5) is 8.78 Å². The van der Waals surface area contributed by atoms with E-state index >= 15 is 0 Å². The molecule has 0 radical (unpaired) electrons. The average Bonchev–Trinajstić information content (AvgIpc) is 2.42. The Bertz CT molecular complexity index is 670. The molecule has 0 amide bonds. The number of fused-ring (bicyclic) bond motifs is 1. The average molecular weight is 298 g/mol. The number of hydrogen-bond donors (Lipinski definition) is 2. The molecule has 4 nitrogen and oxygen atoms in total. The van der Waals surface area contributed by atoms with Crippen molar-refractivity contribution >= 4 is 34.4 Å². The summed E-state index contributed by atoms with van der Waals surface area (Å²) in [5.74, 6) is 0. The molecule has 3 N–H and O–H groups in total. The van der Waals surface area contributed by atoms with E-state index < -0.39 is 13.0 Å². The molecule has 2 heterocycles. The maximum absolute atomic E-state index is 12.1. The molecule has 2 aromatic heterocycles. The van der Waals surface area contributed by atoms with Crippen LogP contribution >= 0.6 is 11.6 Å². The normalized spacial score (nSPS) is 12.7. The minimum Gasteiger partial charge on any atom is -0.404 e. The molecule has 0 atom stereocenters. The van der Waals surface area contributed by atoms with Gasteiger partial charge in [-0.15, -0.1) is 0 Å². The van der Waals surface area contributed by atoms with Crippen LogP contribution in [0.5, 0.6) is 0 Å². The maximum Gasteiger partial charge on any atom is 0.295 e. The second kappa shape index (κ2) is 6.38. The van der Waals surface area contributed by atoms with Crippen molar-refractivity contribution in [3.8, 4) is 0 Å². The summed E-state index contributed by atoms with van der Waals surface area (Å²) in [7, 11) is 0.